The molecule has 1 fully saturated rings. The molecule has 8 nitrogen and oxygen atoms in total. The van der Waals surface area contributed by atoms with Gasteiger partial charge in [0.2, 0.25) is 5.91 Å². The van der Waals surface area contributed by atoms with Gasteiger partial charge in [0, 0.05) is 55.2 Å². The lowest BCUT2D eigenvalue weighted by atomic mass is 10.0. The summed E-state index contributed by atoms with van der Waals surface area (Å²) in [5.74, 6) is 0.374. The zero-order valence-corrected chi connectivity index (χ0v) is 19.5. The van der Waals surface area contributed by atoms with E-state index in [9.17, 15) is 9.59 Å². The van der Waals surface area contributed by atoms with Crippen LogP contribution in [-0.2, 0) is 11.2 Å². The third-order valence-corrected chi connectivity index (χ3v) is 7.16. The van der Waals surface area contributed by atoms with E-state index >= 15 is 0 Å². The smallest absolute Gasteiger partial charge is 0.277 e. The van der Waals surface area contributed by atoms with Crippen molar-refractivity contribution in [2.24, 2.45) is 11.7 Å². The van der Waals surface area contributed by atoms with Gasteiger partial charge in [0.1, 0.15) is 5.82 Å². The highest BCUT2D eigenvalue weighted by molar-refractivity contribution is 5.85. The number of aryl methyl sites for hydroxylation is 1. The topological polar surface area (TPSA) is 97.4 Å². The van der Waals surface area contributed by atoms with E-state index in [0.29, 0.717) is 12.1 Å². The van der Waals surface area contributed by atoms with Crippen LogP contribution in [0.3, 0.4) is 0 Å². The van der Waals surface area contributed by atoms with Gasteiger partial charge in [0.05, 0.1) is 22.7 Å². The van der Waals surface area contributed by atoms with E-state index in [1.54, 1.807) is 17.1 Å². The van der Waals surface area contributed by atoms with Crippen molar-refractivity contribution in [1.29, 1.82) is 0 Å². The Kier molecular flexibility index (Phi) is 5.02. The number of nitrogens with zero attached hydrogens (tertiary/aromatic N) is 5. The van der Waals surface area contributed by atoms with Gasteiger partial charge in [-0.2, -0.15) is 0 Å². The molecule has 0 aliphatic carbocycles. The Bertz CT molecular complexity index is 1530. The molecule has 0 saturated carbocycles. The molecule has 35 heavy (non-hydrogen) atoms. The molecule has 3 aromatic heterocycles. The average molecular weight is 467 g/mol. The lowest BCUT2D eigenvalue weighted by molar-refractivity contribution is -0.121. The lowest BCUT2D eigenvalue weighted by Gasteiger charge is -2.23. The minimum Gasteiger partial charge on any atom is -0.369 e. The molecule has 2 aliphatic heterocycles. The summed E-state index contributed by atoms with van der Waals surface area (Å²) in [6.07, 6.45) is 7.04. The summed E-state index contributed by atoms with van der Waals surface area (Å²) in [6, 6.07) is 14.1. The molecule has 1 amide bonds. The highest BCUT2D eigenvalue weighted by Gasteiger charge is 2.27. The number of para-hydroxylation sites is 1. The maximum atomic E-state index is 13.7. The zero-order valence-electron chi connectivity index (χ0n) is 19.5. The van der Waals surface area contributed by atoms with Gasteiger partial charge in [-0.25, -0.2) is 9.66 Å². The minimum atomic E-state index is -0.266. The van der Waals surface area contributed by atoms with Gasteiger partial charge in [0.25, 0.3) is 5.56 Å². The van der Waals surface area contributed by atoms with Crippen molar-refractivity contribution >= 4 is 28.3 Å². The van der Waals surface area contributed by atoms with E-state index in [1.165, 1.54) is 5.56 Å². The van der Waals surface area contributed by atoms with Crippen molar-refractivity contribution in [3.05, 3.63) is 82.5 Å². The quantitative estimate of drug-likeness (QED) is 0.497. The van der Waals surface area contributed by atoms with Crippen LogP contribution in [0.25, 0.3) is 22.0 Å². The zero-order chi connectivity index (χ0) is 24.1. The van der Waals surface area contributed by atoms with E-state index in [4.69, 9.17) is 5.73 Å². The maximum Gasteiger partial charge on any atom is 0.277 e. The van der Waals surface area contributed by atoms with Gasteiger partial charge in [-0.1, -0.05) is 18.2 Å². The Morgan fingerprint density at radius 3 is 2.77 bits per heavy atom. The van der Waals surface area contributed by atoms with Gasteiger partial charge in [-0.15, -0.1) is 0 Å². The van der Waals surface area contributed by atoms with Gasteiger partial charge in [0.15, 0.2) is 0 Å². The van der Waals surface area contributed by atoms with E-state index in [0.717, 1.165) is 59.5 Å². The van der Waals surface area contributed by atoms with Crippen LogP contribution in [0.1, 0.15) is 17.5 Å². The SMILES string of the molecule is Cc1ccn(N2CCc3ccccc32)c(=O)c1-c1cnc2cc(N3CCC(C(N)=O)C3)ncc2c1. The van der Waals surface area contributed by atoms with E-state index < -0.39 is 0 Å². The molecule has 8 heteroatoms. The van der Waals surface area contributed by atoms with Crippen molar-refractivity contribution in [3.63, 3.8) is 0 Å². The number of fused-ring (bicyclic) bond motifs is 2. The normalized spacial score (nSPS) is 17.2. The molecule has 176 valence electrons. The summed E-state index contributed by atoms with van der Waals surface area (Å²) >= 11 is 0. The van der Waals surface area contributed by atoms with Crippen molar-refractivity contribution < 1.29 is 4.79 Å². The Hall–Kier alpha value is -4.20. The van der Waals surface area contributed by atoms with Crippen molar-refractivity contribution in [1.82, 2.24) is 14.6 Å². The third kappa shape index (κ3) is 3.62. The summed E-state index contributed by atoms with van der Waals surface area (Å²) in [7, 11) is 0. The Morgan fingerprint density at radius 1 is 1.09 bits per heavy atom. The third-order valence-electron chi connectivity index (χ3n) is 7.16. The van der Waals surface area contributed by atoms with Gasteiger partial charge in [-0.05, 0) is 49.1 Å². The molecule has 1 unspecified atom stereocenters. The first-order valence-corrected chi connectivity index (χ1v) is 11.9. The molecule has 4 aromatic rings. The summed E-state index contributed by atoms with van der Waals surface area (Å²) < 4.78 is 1.71. The monoisotopic (exact) mass is 466 g/mol. The fourth-order valence-electron chi connectivity index (χ4n) is 5.22. The molecule has 1 atom stereocenters. The van der Waals surface area contributed by atoms with Crippen LogP contribution in [0, 0.1) is 12.8 Å². The van der Waals surface area contributed by atoms with E-state index in [2.05, 4.69) is 27.0 Å². The largest absolute Gasteiger partial charge is 0.369 e. The second-order valence-electron chi connectivity index (χ2n) is 9.32. The predicted molar refractivity (Wildman–Crippen MR) is 136 cm³/mol. The first kappa shape index (κ1) is 21.3. The predicted octanol–water partition coefficient (Wildman–Crippen LogP) is 2.90. The van der Waals surface area contributed by atoms with E-state index in [1.807, 2.05) is 48.5 Å². The number of rotatable bonds is 4. The molecule has 5 heterocycles. The number of benzene rings is 1. The fourth-order valence-corrected chi connectivity index (χ4v) is 5.22. The Morgan fingerprint density at radius 2 is 1.94 bits per heavy atom. The van der Waals surface area contributed by atoms with Crippen LogP contribution in [0.4, 0.5) is 11.5 Å². The Balaban J connectivity index is 1.36. The number of anilines is 2. The van der Waals surface area contributed by atoms with Gasteiger partial charge in [-0.3, -0.25) is 19.6 Å². The van der Waals surface area contributed by atoms with E-state index in [-0.39, 0.29) is 17.4 Å². The molecule has 2 aliphatic rings. The summed E-state index contributed by atoms with van der Waals surface area (Å²) in [4.78, 5) is 36.5. The number of pyridine rings is 3. The van der Waals surface area contributed by atoms with Gasteiger partial charge >= 0.3 is 0 Å². The molecule has 6 rings (SSSR count). The number of carbonyl (C=O) groups is 1. The summed E-state index contributed by atoms with van der Waals surface area (Å²) in [5, 5.41) is 2.90. The van der Waals surface area contributed by atoms with Crippen LogP contribution < -0.4 is 21.2 Å². The van der Waals surface area contributed by atoms with Crippen LogP contribution in [0.15, 0.2) is 65.8 Å². The molecule has 2 N–H and O–H groups in total. The second kappa shape index (κ2) is 8.23. The Labute approximate surface area is 202 Å². The summed E-state index contributed by atoms with van der Waals surface area (Å²) in [5.41, 5.74) is 10.8. The fraction of sp³-hybridized carbons (Fsp3) is 0.259. The van der Waals surface area contributed by atoms with Crippen LogP contribution >= 0.6 is 0 Å². The van der Waals surface area contributed by atoms with Crippen molar-refractivity contribution in [3.8, 4) is 11.1 Å². The molecule has 1 saturated heterocycles. The highest BCUT2D eigenvalue weighted by Crippen LogP contribution is 2.30. The number of hydrogen-bond donors (Lipinski definition) is 1. The molecule has 0 spiro atoms. The lowest BCUT2D eigenvalue weighted by Crippen LogP contribution is -2.37. The number of aromatic nitrogens is 3. The average Bonchev–Trinajstić information content (AvgIpc) is 3.52. The maximum absolute atomic E-state index is 13.7. The minimum absolute atomic E-state index is 0.0676. The number of amides is 1. The second-order valence-corrected chi connectivity index (χ2v) is 9.32. The number of primary amides is 1. The van der Waals surface area contributed by atoms with Crippen LogP contribution in [0.2, 0.25) is 0 Å². The first-order valence-electron chi connectivity index (χ1n) is 11.9. The molecule has 0 bridgehead atoms. The highest BCUT2D eigenvalue weighted by atomic mass is 16.1. The van der Waals surface area contributed by atoms with Crippen molar-refractivity contribution in [2.75, 3.05) is 29.5 Å². The molecule has 0 radical (unpaired) electrons. The standard InChI is InChI=1S/C27H26N6O2/c1-17-6-10-33(32-11-8-18-4-2-3-5-23(18)32)27(35)25(17)21-12-20-14-30-24(13-22(20)29-15-21)31-9-7-19(16-31)26(28)34/h2-6,10,12-15,19H,7-9,11,16H2,1H3,(H2,28,34). The number of nitrogens with two attached hydrogens (primary N) is 1. The number of hydrogen-bond acceptors (Lipinski definition) is 6. The molecular weight excluding hydrogens is 440 g/mol. The van der Waals surface area contributed by atoms with Crippen molar-refractivity contribution in [2.45, 2.75) is 19.8 Å². The van der Waals surface area contributed by atoms with Crippen LogP contribution in [-0.4, -0.2) is 40.2 Å². The summed E-state index contributed by atoms with van der Waals surface area (Å²) in [6.45, 7) is 4.03. The number of carbonyl (C=O) groups excluding carboxylic acids is 1. The first-order chi connectivity index (χ1) is 17.0. The molecule has 1 aromatic carbocycles. The van der Waals surface area contributed by atoms with Gasteiger partial charge < -0.3 is 10.6 Å². The van der Waals surface area contributed by atoms with Crippen LogP contribution in [0.5, 0.6) is 0 Å². The molecular formula is C27H26N6O2.